The monoisotopic (exact) mass is 454 g/mol. The van der Waals surface area contributed by atoms with Gasteiger partial charge in [0.1, 0.15) is 6.61 Å². The largest absolute Gasteiger partial charge is 0.459 e. The van der Waals surface area contributed by atoms with Gasteiger partial charge in [-0.15, -0.1) is 11.3 Å². The molecule has 2 aromatic heterocycles. The molecule has 4 rings (SSSR count). The molecule has 4 aromatic rings. The maximum Gasteiger partial charge on any atom is 0.419 e. The molecule has 11 heteroatoms. The lowest BCUT2D eigenvalue weighted by Crippen LogP contribution is -2.15. The predicted molar refractivity (Wildman–Crippen MR) is 118 cm³/mol. The summed E-state index contributed by atoms with van der Waals surface area (Å²) >= 11 is 1.41. The molecule has 164 valence electrons. The highest BCUT2D eigenvalue weighted by Gasteiger charge is 2.14. The van der Waals surface area contributed by atoms with Crippen LogP contribution in [0.1, 0.15) is 18.5 Å². The molecule has 0 amide bonds. The number of carbonyl (C=O) groups is 1. The highest BCUT2D eigenvalue weighted by atomic mass is 32.1. The number of thiazole rings is 1. The van der Waals surface area contributed by atoms with Gasteiger partial charge in [-0.1, -0.05) is 18.2 Å². The van der Waals surface area contributed by atoms with Gasteiger partial charge in [0.25, 0.3) is 5.69 Å². The Morgan fingerprint density at radius 1 is 1.25 bits per heavy atom. The van der Waals surface area contributed by atoms with Crippen molar-refractivity contribution >= 4 is 44.9 Å². The summed E-state index contributed by atoms with van der Waals surface area (Å²) in [5.74, 6) is -1.04. The molecule has 10 nitrogen and oxygen atoms in total. The molecule has 0 radical (unpaired) electrons. The summed E-state index contributed by atoms with van der Waals surface area (Å²) in [7, 11) is 0. The van der Waals surface area contributed by atoms with Crippen molar-refractivity contribution < 1.29 is 18.9 Å². The minimum absolute atomic E-state index is 0.0596. The summed E-state index contributed by atoms with van der Waals surface area (Å²) in [6.45, 7) is 0.282. The van der Waals surface area contributed by atoms with Crippen LogP contribution in [0.25, 0.3) is 11.1 Å². The van der Waals surface area contributed by atoms with E-state index in [0.717, 1.165) is 5.69 Å². The number of rotatable bonds is 9. The summed E-state index contributed by atoms with van der Waals surface area (Å²) in [6, 6.07) is 13.6. The number of esters is 1. The van der Waals surface area contributed by atoms with Crippen LogP contribution in [-0.4, -0.2) is 20.4 Å². The van der Waals surface area contributed by atoms with Crippen LogP contribution in [0.3, 0.4) is 0 Å². The van der Waals surface area contributed by atoms with Gasteiger partial charge >= 0.3 is 11.7 Å². The summed E-state index contributed by atoms with van der Waals surface area (Å²) < 4.78 is 11.7. The van der Waals surface area contributed by atoms with Crippen molar-refractivity contribution in [3.8, 4) is 0 Å². The fraction of sp³-hybridized carbons (Fsp3) is 0.190. The number of nitro groups is 1. The molecule has 32 heavy (non-hydrogen) atoms. The summed E-state index contributed by atoms with van der Waals surface area (Å²) in [5, 5.41) is 16.5. The molecule has 0 aliphatic rings. The smallest absolute Gasteiger partial charge is 0.419 e. The van der Waals surface area contributed by atoms with Gasteiger partial charge in [-0.05, 0) is 24.6 Å². The van der Waals surface area contributed by atoms with Gasteiger partial charge in [-0.2, -0.15) is 0 Å². The lowest BCUT2D eigenvalue weighted by atomic mass is 10.2. The number of fused-ring (bicyclic) bond motifs is 1. The maximum atomic E-state index is 12.1. The molecule has 0 aliphatic carbocycles. The number of carbonyl (C=O) groups excluding carboxylic acids is 1. The van der Waals surface area contributed by atoms with Crippen molar-refractivity contribution in [1.82, 2.24) is 9.55 Å². The number of nitrogens with one attached hydrogen (secondary N) is 1. The molecule has 0 spiro atoms. The molecule has 0 aliphatic heterocycles. The van der Waals surface area contributed by atoms with E-state index in [2.05, 4.69) is 10.3 Å². The Morgan fingerprint density at radius 3 is 2.84 bits per heavy atom. The second kappa shape index (κ2) is 9.43. The average Bonchev–Trinajstić information content (AvgIpc) is 3.36. The number of ether oxygens (including phenoxy) is 1. The van der Waals surface area contributed by atoms with E-state index in [1.807, 2.05) is 35.7 Å². The van der Waals surface area contributed by atoms with Crippen LogP contribution >= 0.6 is 11.3 Å². The van der Waals surface area contributed by atoms with Crippen LogP contribution < -0.4 is 11.1 Å². The van der Waals surface area contributed by atoms with Crippen molar-refractivity contribution in [2.45, 2.75) is 26.0 Å². The van der Waals surface area contributed by atoms with E-state index in [-0.39, 0.29) is 30.8 Å². The third-order valence-electron chi connectivity index (χ3n) is 4.58. The Balaban J connectivity index is 1.27. The first-order chi connectivity index (χ1) is 15.5. The van der Waals surface area contributed by atoms with Crippen LogP contribution in [0.5, 0.6) is 0 Å². The predicted octanol–water partition coefficient (Wildman–Crippen LogP) is 4.23. The number of nitro benzene ring substituents is 1. The SMILES string of the molecule is O=C(CCCn1c(=O)oc2cc([N+](=O)[O-])ccc21)OCc1csc(Nc2ccccc2)n1. The van der Waals surface area contributed by atoms with Crippen LogP contribution in [0.4, 0.5) is 16.5 Å². The van der Waals surface area contributed by atoms with Crippen molar-refractivity contribution in [1.29, 1.82) is 0 Å². The molecule has 2 heterocycles. The van der Waals surface area contributed by atoms with Gasteiger partial charge in [-0.25, -0.2) is 9.78 Å². The third-order valence-corrected chi connectivity index (χ3v) is 5.39. The number of hydrogen-bond donors (Lipinski definition) is 1. The molecular formula is C21H18N4O6S. The minimum atomic E-state index is -0.630. The van der Waals surface area contributed by atoms with Crippen LogP contribution in [0.2, 0.25) is 0 Å². The van der Waals surface area contributed by atoms with Gasteiger partial charge in [0.2, 0.25) is 0 Å². The summed E-state index contributed by atoms with van der Waals surface area (Å²) in [4.78, 5) is 38.8. The normalized spacial score (nSPS) is 10.9. The van der Waals surface area contributed by atoms with Gasteiger partial charge in [0.15, 0.2) is 10.7 Å². The fourth-order valence-corrected chi connectivity index (χ4v) is 3.78. The molecule has 2 aromatic carbocycles. The highest BCUT2D eigenvalue weighted by Crippen LogP contribution is 2.22. The Morgan fingerprint density at radius 2 is 2.06 bits per heavy atom. The molecule has 0 fully saturated rings. The van der Waals surface area contributed by atoms with E-state index in [1.54, 1.807) is 0 Å². The van der Waals surface area contributed by atoms with E-state index in [9.17, 15) is 19.7 Å². The van der Waals surface area contributed by atoms with Crippen LogP contribution in [0.15, 0.2) is 63.1 Å². The highest BCUT2D eigenvalue weighted by molar-refractivity contribution is 7.13. The molecule has 0 saturated carbocycles. The van der Waals surface area contributed by atoms with E-state index in [0.29, 0.717) is 22.8 Å². The van der Waals surface area contributed by atoms with Gasteiger partial charge in [0.05, 0.1) is 22.2 Å². The first-order valence-electron chi connectivity index (χ1n) is 9.69. The minimum Gasteiger partial charge on any atom is -0.459 e. The number of anilines is 2. The maximum absolute atomic E-state index is 12.1. The van der Waals surface area contributed by atoms with E-state index < -0.39 is 16.6 Å². The molecular weight excluding hydrogens is 436 g/mol. The Bertz CT molecular complexity index is 1310. The third kappa shape index (κ3) is 5.01. The lowest BCUT2D eigenvalue weighted by Gasteiger charge is -2.04. The second-order valence-corrected chi connectivity index (χ2v) is 7.69. The number of benzene rings is 2. The molecule has 0 saturated heterocycles. The first kappa shape index (κ1) is 21.2. The number of aromatic nitrogens is 2. The average molecular weight is 454 g/mol. The number of aryl methyl sites for hydroxylation is 1. The first-order valence-corrected chi connectivity index (χ1v) is 10.6. The number of hydrogen-bond acceptors (Lipinski definition) is 9. The second-order valence-electron chi connectivity index (χ2n) is 6.83. The summed E-state index contributed by atoms with van der Waals surface area (Å²) in [6.07, 6.45) is 0.452. The van der Waals surface area contributed by atoms with E-state index >= 15 is 0 Å². The van der Waals surface area contributed by atoms with Crippen molar-refractivity contribution in [3.05, 3.63) is 80.3 Å². The zero-order valence-electron chi connectivity index (χ0n) is 16.7. The summed E-state index contributed by atoms with van der Waals surface area (Å²) in [5.41, 5.74) is 1.97. The number of oxazole rings is 1. The number of para-hydroxylation sites is 1. The Hall–Kier alpha value is -3.99. The zero-order valence-corrected chi connectivity index (χ0v) is 17.5. The fourth-order valence-electron chi connectivity index (χ4n) is 3.06. The van der Waals surface area contributed by atoms with Gasteiger partial charge in [0, 0.05) is 30.1 Å². The lowest BCUT2D eigenvalue weighted by molar-refractivity contribution is -0.384. The van der Waals surface area contributed by atoms with Crippen LogP contribution in [-0.2, 0) is 22.7 Å². The molecule has 0 bridgehead atoms. The van der Waals surface area contributed by atoms with E-state index in [1.165, 1.54) is 34.1 Å². The number of non-ortho nitro benzene ring substituents is 1. The number of nitrogens with zero attached hydrogens (tertiary/aromatic N) is 3. The quantitative estimate of drug-likeness (QED) is 0.226. The van der Waals surface area contributed by atoms with Crippen LogP contribution in [0, 0.1) is 10.1 Å². The topological polar surface area (TPSA) is 130 Å². The van der Waals surface area contributed by atoms with Gasteiger partial charge < -0.3 is 14.5 Å². The van der Waals surface area contributed by atoms with Crippen molar-refractivity contribution in [3.63, 3.8) is 0 Å². The van der Waals surface area contributed by atoms with E-state index in [4.69, 9.17) is 9.15 Å². The van der Waals surface area contributed by atoms with Crippen molar-refractivity contribution in [2.24, 2.45) is 0 Å². The zero-order chi connectivity index (χ0) is 22.5. The Kier molecular flexibility index (Phi) is 6.26. The standard InChI is InChI=1S/C21H18N4O6S/c26-19(30-12-15-13-32-20(23-15)22-14-5-2-1-3-6-14)7-4-10-24-17-9-8-16(25(28)29)11-18(17)31-21(24)27/h1-3,5-6,8-9,11,13H,4,7,10,12H2,(H,22,23). The molecule has 0 unspecified atom stereocenters. The van der Waals surface area contributed by atoms with Crippen molar-refractivity contribution in [2.75, 3.05) is 5.32 Å². The van der Waals surface area contributed by atoms with Gasteiger partial charge in [-0.3, -0.25) is 19.5 Å². The Labute approximate surface area is 185 Å². The molecule has 1 N–H and O–H groups in total. The molecule has 0 atom stereocenters.